The molecule has 0 atom stereocenters. The molecule has 144 valence electrons. The van der Waals surface area contributed by atoms with E-state index in [9.17, 15) is 4.79 Å². The lowest BCUT2D eigenvalue weighted by atomic mass is 10.2. The van der Waals surface area contributed by atoms with Crippen LogP contribution in [-0.4, -0.2) is 37.9 Å². The molecule has 3 N–H and O–H groups in total. The lowest BCUT2D eigenvalue weighted by molar-refractivity contribution is 0.0636. The Kier molecular flexibility index (Phi) is 5.44. The average Bonchev–Trinajstić information content (AvgIpc) is 2.62. The Morgan fingerprint density at radius 1 is 0.889 bits per heavy atom. The van der Waals surface area contributed by atoms with E-state index in [2.05, 4.69) is 27.2 Å². The molecule has 1 saturated heterocycles. The fourth-order valence-corrected chi connectivity index (χ4v) is 3.09. The van der Waals surface area contributed by atoms with Gasteiger partial charge < -0.3 is 20.3 Å². The van der Waals surface area contributed by atoms with Gasteiger partial charge >= 0.3 is 6.09 Å². The first kappa shape index (κ1) is 18.9. The number of nitrogen functional groups attached to an aromatic ring is 1. The van der Waals surface area contributed by atoms with Crippen molar-refractivity contribution in [2.24, 2.45) is 0 Å². The van der Waals surface area contributed by atoms with E-state index in [1.165, 1.54) is 5.69 Å². The van der Waals surface area contributed by atoms with Gasteiger partial charge in [0.2, 0.25) is 0 Å². The highest BCUT2D eigenvalue weighted by molar-refractivity contribution is 5.85. The fraction of sp³-hybridized carbons (Fsp3) is 0.381. The van der Waals surface area contributed by atoms with Crippen LogP contribution in [0.25, 0.3) is 0 Å². The number of nitrogens with two attached hydrogens (primary N) is 1. The highest BCUT2D eigenvalue weighted by Gasteiger charge is 2.18. The second-order valence-corrected chi connectivity index (χ2v) is 7.74. The van der Waals surface area contributed by atoms with E-state index < -0.39 is 11.7 Å². The zero-order chi connectivity index (χ0) is 19.4. The van der Waals surface area contributed by atoms with Gasteiger partial charge in [0.15, 0.2) is 0 Å². The number of nitrogens with one attached hydrogen (secondary N) is 1. The predicted molar refractivity (Wildman–Crippen MR) is 112 cm³/mol. The summed E-state index contributed by atoms with van der Waals surface area (Å²) in [4.78, 5) is 16.6. The van der Waals surface area contributed by atoms with Gasteiger partial charge in [-0.3, -0.25) is 5.32 Å². The van der Waals surface area contributed by atoms with E-state index in [-0.39, 0.29) is 0 Å². The zero-order valence-corrected chi connectivity index (χ0v) is 16.2. The Hall–Kier alpha value is -2.89. The van der Waals surface area contributed by atoms with E-state index in [4.69, 9.17) is 10.5 Å². The number of carbonyl (C=O) groups is 1. The molecule has 0 aliphatic carbocycles. The minimum Gasteiger partial charge on any atom is -0.444 e. The van der Waals surface area contributed by atoms with Crippen molar-refractivity contribution >= 4 is 28.8 Å². The summed E-state index contributed by atoms with van der Waals surface area (Å²) in [5.74, 6) is 0. The Morgan fingerprint density at radius 2 is 1.33 bits per heavy atom. The standard InChI is InChI=1S/C21H28N4O2/c1-21(2,3)27-20(26)23-17-6-10-19(11-7-17)25-14-12-24(13-15-25)18-8-4-16(22)5-9-18/h4-11H,12-15,22H2,1-3H3,(H,23,26). The molecule has 0 spiro atoms. The van der Waals surface area contributed by atoms with E-state index >= 15 is 0 Å². The van der Waals surface area contributed by atoms with Crippen molar-refractivity contribution in [3.8, 4) is 0 Å². The fourth-order valence-electron chi connectivity index (χ4n) is 3.09. The SMILES string of the molecule is CC(C)(C)OC(=O)Nc1ccc(N2CCN(c3ccc(N)cc3)CC2)cc1. The molecule has 1 aliphatic heterocycles. The molecule has 1 aliphatic rings. The maximum absolute atomic E-state index is 11.8. The number of ether oxygens (including phenoxy) is 1. The molecule has 0 radical (unpaired) electrons. The summed E-state index contributed by atoms with van der Waals surface area (Å²) in [6, 6.07) is 15.9. The van der Waals surface area contributed by atoms with Gasteiger partial charge in [-0.25, -0.2) is 4.79 Å². The molecule has 0 unspecified atom stereocenters. The highest BCUT2D eigenvalue weighted by atomic mass is 16.6. The van der Waals surface area contributed by atoms with E-state index in [1.54, 1.807) is 0 Å². The van der Waals surface area contributed by atoms with Crippen LogP contribution in [-0.2, 0) is 4.74 Å². The molecule has 6 heteroatoms. The van der Waals surface area contributed by atoms with Gasteiger partial charge in [0.05, 0.1) is 0 Å². The van der Waals surface area contributed by atoms with Gasteiger partial charge in [0, 0.05) is 48.9 Å². The maximum atomic E-state index is 11.8. The molecule has 1 amide bonds. The number of hydrogen-bond donors (Lipinski definition) is 2. The van der Waals surface area contributed by atoms with Gasteiger partial charge in [-0.2, -0.15) is 0 Å². The summed E-state index contributed by atoms with van der Waals surface area (Å²) in [7, 11) is 0. The number of piperazine rings is 1. The van der Waals surface area contributed by atoms with Gasteiger partial charge in [0.1, 0.15) is 5.60 Å². The third-order valence-corrected chi connectivity index (χ3v) is 4.42. The summed E-state index contributed by atoms with van der Waals surface area (Å²) in [5, 5.41) is 2.76. The molecule has 1 heterocycles. The van der Waals surface area contributed by atoms with Crippen LogP contribution in [0.5, 0.6) is 0 Å². The first-order valence-electron chi connectivity index (χ1n) is 9.26. The minimum atomic E-state index is -0.506. The van der Waals surface area contributed by atoms with Crippen molar-refractivity contribution in [1.82, 2.24) is 0 Å². The minimum absolute atomic E-state index is 0.438. The van der Waals surface area contributed by atoms with Gasteiger partial charge in [-0.1, -0.05) is 0 Å². The Morgan fingerprint density at radius 3 is 1.78 bits per heavy atom. The van der Waals surface area contributed by atoms with Gasteiger partial charge in [0.25, 0.3) is 0 Å². The van der Waals surface area contributed by atoms with Crippen molar-refractivity contribution in [3.05, 3.63) is 48.5 Å². The molecule has 0 bridgehead atoms. The summed E-state index contributed by atoms with van der Waals surface area (Å²) in [6.45, 7) is 9.36. The molecule has 0 aromatic heterocycles. The predicted octanol–water partition coefficient (Wildman–Crippen LogP) is 3.94. The van der Waals surface area contributed by atoms with Crippen molar-refractivity contribution in [1.29, 1.82) is 0 Å². The van der Waals surface area contributed by atoms with Crippen LogP contribution >= 0.6 is 0 Å². The normalized spacial score (nSPS) is 14.8. The quantitative estimate of drug-likeness (QED) is 0.803. The van der Waals surface area contributed by atoms with Crippen LogP contribution in [0.3, 0.4) is 0 Å². The van der Waals surface area contributed by atoms with Crippen molar-refractivity contribution in [2.75, 3.05) is 47.0 Å². The van der Waals surface area contributed by atoms with Gasteiger partial charge in [-0.15, -0.1) is 0 Å². The molecular formula is C21H28N4O2. The average molecular weight is 368 g/mol. The molecule has 2 aromatic rings. The molecule has 27 heavy (non-hydrogen) atoms. The van der Waals surface area contributed by atoms with Crippen LogP contribution < -0.4 is 20.9 Å². The molecular weight excluding hydrogens is 340 g/mol. The second kappa shape index (κ2) is 7.78. The summed E-state index contributed by atoms with van der Waals surface area (Å²) in [6.07, 6.45) is -0.438. The van der Waals surface area contributed by atoms with Crippen LogP contribution in [0.2, 0.25) is 0 Å². The smallest absolute Gasteiger partial charge is 0.412 e. The molecule has 1 fully saturated rings. The highest BCUT2D eigenvalue weighted by Crippen LogP contribution is 2.23. The van der Waals surface area contributed by atoms with E-state index in [0.29, 0.717) is 0 Å². The summed E-state index contributed by atoms with van der Waals surface area (Å²) < 4.78 is 5.28. The molecule has 6 nitrogen and oxygen atoms in total. The number of nitrogens with zero attached hydrogens (tertiary/aromatic N) is 2. The molecule has 2 aromatic carbocycles. The number of anilines is 4. The van der Waals surface area contributed by atoms with E-state index in [0.717, 1.165) is 43.2 Å². The number of benzene rings is 2. The van der Waals surface area contributed by atoms with E-state index in [1.807, 2.05) is 57.2 Å². The topological polar surface area (TPSA) is 70.8 Å². The number of rotatable bonds is 3. The first-order chi connectivity index (χ1) is 12.8. The third kappa shape index (κ3) is 5.29. The molecule has 0 saturated carbocycles. The monoisotopic (exact) mass is 368 g/mol. The van der Waals surface area contributed by atoms with Crippen molar-refractivity contribution in [3.63, 3.8) is 0 Å². The largest absolute Gasteiger partial charge is 0.444 e. The second-order valence-electron chi connectivity index (χ2n) is 7.74. The van der Waals surface area contributed by atoms with Crippen molar-refractivity contribution < 1.29 is 9.53 Å². The van der Waals surface area contributed by atoms with Gasteiger partial charge in [-0.05, 0) is 69.3 Å². The van der Waals surface area contributed by atoms with Crippen LogP contribution in [0, 0.1) is 0 Å². The number of carbonyl (C=O) groups excluding carboxylic acids is 1. The number of amides is 1. The Labute approximate surface area is 160 Å². The Bertz CT molecular complexity index is 758. The van der Waals surface area contributed by atoms with Crippen molar-refractivity contribution in [2.45, 2.75) is 26.4 Å². The molecule has 3 rings (SSSR count). The summed E-state index contributed by atoms with van der Waals surface area (Å²) >= 11 is 0. The zero-order valence-electron chi connectivity index (χ0n) is 16.2. The van der Waals surface area contributed by atoms with Crippen LogP contribution in [0.1, 0.15) is 20.8 Å². The first-order valence-corrected chi connectivity index (χ1v) is 9.26. The maximum Gasteiger partial charge on any atom is 0.412 e. The lowest BCUT2D eigenvalue weighted by Gasteiger charge is -2.37. The van der Waals surface area contributed by atoms with Crippen LogP contribution in [0.4, 0.5) is 27.5 Å². The number of hydrogen-bond acceptors (Lipinski definition) is 5. The third-order valence-electron chi connectivity index (χ3n) is 4.42. The Balaban J connectivity index is 1.54. The van der Waals surface area contributed by atoms with Crippen LogP contribution in [0.15, 0.2) is 48.5 Å². The summed E-state index contributed by atoms with van der Waals surface area (Å²) in [5.41, 5.74) is 9.14. The lowest BCUT2D eigenvalue weighted by Crippen LogP contribution is -2.46.